The maximum atomic E-state index is 6.47. The van der Waals surface area contributed by atoms with Crippen molar-refractivity contribution in [3.05, 3.63) is 81.9 Å². The van der Waals surface area contributed by atoms with Crippen molar-refractivity contribution >= 4 is 22.4 Å². The second-order valence-corrected chi connectivity index (χ2v) is 7.78. The van der Waals surface area contributed by atoms with Gasteiger partial charge in [-0.05, 0) is 60.4 Å². The zero-order valence-electron chi connectivity index (χ0n) is 14.3. The Hall–Kier alpha value is -1.83. The van der Waals surface area contributed by atoms with Gasteiger partial charge in [-0.1, -0.05) is 59.6 Å². The van der Waals surface area contributed by atoms with Crippen molar-refractivity contribution in [1.82, 2.24) is 0 Å². The van der Waals surface area contributed by atoms with Gasteiger partial charge in [-0.15, -0.1) is 0 Å². The molecule has 0 bridgehead atoms. The molecule has 0 N–H and O–H groups in total. The predicted octanol–water partition coefficient (Wildman–Crippen LogP) is 6.24. The molecule has 24 heavy (non-hydrogen) atoms. The molecule has 0 fully saturated rings. The zero-order valence-corrected chi connectivity index (χ0v) is 15.0. The summed E-state index contributed by atoms with van der Waals surface area (Å²) in [4.78, 5) is 0. The fourth-order valence-corrected chi connectivity index (χ4v) is 3.82. The topological polar surface area (TPSA) is 9.23 Å². The molecule has 4 rings (SSSR count). The largest absolute Gasteiger partial charge is 0.363 e. The molecule has 0 saturated heterocycles. The first kappa shape index (κ1) is 15.7. The lowest BCUT2D eigenvalue weighted by atomic mass is 9.83. The average molecular weight is 337 g/mol. The van der Waals surface area contributed by atoms with Crippen LogP contribution in [0.15, 0.2) is 54.6 Å². The van der Waals surface area contributed by atoms with E-state index in [1.54, 1.807) is 0 Å². The van der Waals surface area contributed by atoms with Crippen molar-refractivity contribution in [2.24, 2.45) is 0 Å². The maximum Gasteiger partial charge on any atom is 0.109 e. The summed E-state index contributed by atoms with van der Waals surface area (Å²) in [5.41, 5.74) is 4.87. The van der Waals surface area contributed by atoms with Crippen LogP contribution in [0, 0.1) is 6.92 Å². The summed E-state index contributed by atoms with van der Waals surface area (Å²) in [6.07, 6.45) is 0.857. The Morgan fingerprint density at radius 1 is 1.00 bits per heavy atom. The van der Waals surface area contributed by atoms with E-state index in [0.717, 1.165) is 11.4 Å². The summed E-state index contributed by atoms with van der Waals surface area (Å²) in [6.45, 7) is 6.44. The van der Waals surface area contributed by atoms with Gasteiger partial charge in [0.25, 0.3) is 0 Å². The first-order chi connectivity index (χ1) is 11.4. The zero-order chi connectivity index (χ0) is 16.9. The van der Waals surface area contributed by atoms with Gasteiger partial charge in [0.15, 0.2) is 0 Å². The summed E-state index contributed by atoms with van der Waals surface area (Å²) in [5.74, 6) is 0. The van der Waals surface area contributed by atoms with Crippen LogP contribution in [0.2, 0.25) is 5.02 Å². The number of ether oxygens (including phenoxy) is 1. The Morgan fingerprint density at radius 3 is 2.46 bits per heavy atom. The van der Waals surface area contributed by atoms with Crippen LogP contribution in [0.1, 0.15) is 42.2 Å². The lowest BCUT2D eigenvalue weighted by Gasteiger charge is -2.38. The highest BCUT2D eigenvalue weighted by Crippen LogP contribution is 2.42. The summed E-state index contributed by atoms with van der Waals surface area (Å²) in [5, 5.41) is 3.26. The van der Waals surface area contributed by atoms with Crippen LogP contribution >= 0.6 is 11.6 Å². The first-order valence-electron chi connectivity index (χ1n) is 8.38. The molecule has 122 valence electrons. The lowest BCUT2D eigenvalue weighted by molar-refractivity contribution is -0.0664. The summed E-state index contributed by atoms with van der Waals surface area (Å²) in [6, 6.07) is 19.2. The van der Waals surface area contributed by atoms with Gasteiger partial charge in [-0.25, -0.2) is 0 Å². The summed E-state index contributed by atoms with van der Waals surface area (Å²) >= 11 is 6.27. The van der Waals surface area contributed by atoms with Crippen LogP contribution < -0.4 is 0 Å². The summed E-state index contributed by atoms with van der Waals surface area (Å²) in [7, 11) is 0. The Kier molecular flexibility index (Phi) is 3.67. The van der Waals surface area contributed by atoms with Gasteiger partial charge in [0.2, 0.25) is 0 Å². The Morgan fingerprint density at radius 2 is 1.71 bits per heavy atom. The van der Waals surface area contributed by atoms with E-state index in [4.69, 9.17) is 16.3 Å². The molecule has 3 aromatic carbocycles. The van der Waals surface area contributed by atoms with Crippen LogP contribution in [0.25, 0.3) is 10.8 Å². The molecule has 2 heteroatoms. The number of halogens is 1. The molecule has 0 radical (unpaired) electrons. The van der Waals surface area contributed by atoms with Gasteiger partial charge >= 0.3 is 0 Å². The Balaban J connectivity index is 1.94. The summed E-state index contributed by atoms with van der Waals surface area (Å²) < 4.78 is 6.47. The van der Waals surface area contributed by atoms with Gasteiger partial charge in [0.1, 0.15) is 6.10 Å². The van der Waals surface area contributed by atoms with Crippen LogP contribution in [-0.2, 0) is 11.2 Å². The lowest BCUT2D eigenvalue weighted by Crippen LogP contribution is -2.35. The van der Waals surface area contributed by atoms with Gasteiger partial charge in [-0.3, -0.25) is 0 Å². The molecular weight excluding hydrogens is 316 g/mol. The third-order valence-electron chi connectivity index (χ3n) is 4.83. The number of hydrogen-bond acceptors (Lipinski definition) is 1. The molecule has 1 atom stereocenters. The highest BCUT2D eigenvalue weighted by Gasteiger charge is 2.34. The van der Waals surface area contributed by atoms with Gasteiger partial charge in [0, 0.05) is 11.4 Å². The van der Waals surface area contributed by atoms with Crippen molar-refractivity contribution < 1.29 is 4.74 Å². The third kappa shape index (κ3) is 2.72. The van der Waals surface area contributed by atoms with E-state index < -0.39 is 0 Å². The number of aryl methyl sites for hydroxylation is 1. The first-order valence-corrected chi connectivity index (χ1v) is 8.76. The average Bonchev–Trinajstić information content (AvgIpc) is 2.54. The van der Waals surface area contributed by atoms with Crippen molar-refractivity contribution in [1.29, 1.82) is 0 Å². The van der Waals surface area contributed by atoms with E-state index in [-0.39, 0.29) is 11.7 Å². The monoisotopic (exact) mass is 336 g/mol. The second-order valence-electron chi connectivity index (χ2n) is 7.34. The highest BCUT2D eigenvalue weighted by molar-refractivity contribution is 6.31. The van der Waals surface area contributed by atoms with E-state index >= 15 is 0 Å². The van der Waals surface area contributed by atoms with E-state index in [1.807, 2.05) is 6.07 Å². The minimum atomic E-state index is -0.209. The quantitative estimate of drug-likeness (QED) is 0.511. The smallest absolute Gasteiger partial charge is 0.109 e. The van der Waals surface area contributed by atoms with Crippen molar-refractivity contribution in [2.75, 3.05) is 0 Å². The molecule has 0 saturated carbocycles. The fraction of sp³-hybridized carbons (Fsp3) is 0.273. The molecule has 0 amide bonds. The van der Waals surface area contributed by atoms with E-state index in [2.05, 4.69) is 69.3 Å². The van der Waals surface area contributed by atoms with E-state index in [9.17, 15) is 0 Å². The molecular formula is C22H21ClO. The van der Waals surface area contributed by atoms with Gasteiger partial charge in [0.05, 0.1) is 5.60 Å². The van der Waals surface area contributed by atoms with Gasteiger partial charge < -0.3 is 4.74 Å². The minimum Gasteiger partial charge on any atom is -0.363 e. The minimum absolute atomic E-state index is 0.0345. The molecule has 3 aromatic rings. The molecule has 1 nitrogen and oxygen atoms in total. The van der Waals surface area contributed by atoms with E-state index in [0.29, 0.717) is 0 Å². The normalized spacial score (nSPS) is 19.2. The van der Waals surface area contributed by atoms with Crippen molar-refractivity contribution in [3.8, 4) is 0 Å². The molecule has 0 aromatic heterocycles. The third-order valence-corrected chi connectivity index (χ3v) is 5.07. The molecule has 0 spiro atoms. The Labute approximate surface area is 148 Å². The molecule has 1 heterocycles. The fourth-order valence-electron chi connectivity index (χ4n) is 3.65. The number of fused-ring (bicyclic) bond motifs is 3. The van der Waals surface area contributed by atoms with Crippen LogP contribution in [0.4, 0.5) is 0 Å². The number of hydrogen-bond donors (Lipinski definition) is 0. The van der Waals surface area contributed by atoms with Crippen LogP contribution in [-0.4, -0.2) is 5.60 Å². The van der Waals surface area contributed by atoms with Crippen molar-refractivity contribution in [3.63, 3.8) is 0 Å². The molecule has 1 aliphatic rings. The SMILES string of the molecule is Cc1ccc(C2OC(C)(C)Cc3c2ccc2ccc(Cl)cc32)cc1. The molecule has 1 aliphatic heterocycles. The molecule has 1 unspecified atom stereocenters. The number of rotatable bonds is 1. The van der Waals surface area contributed by atoms with Crippen LogP contribution in [0.3, 0.4) is 0 Å². The van der Waals surface area contributed by atoms with Crippen LogP contribution in [0.5, 0.6) is 0 Å². The standard InChI is InChI=1S/C22H21ClO/c1-14-4-6-16(7-5-14)21-18-11-9-15-8-10-17(23)12-19(15)20(18)13-22(2,3)24-21/h4-12,21H,13H2,1-3H3. The highest BCUT2D eigenvalue weighted by atomic mass is 35.5. The second kappa shape index (κ2) is 5.61. The predicted molar refractivity (Wildman–Crippen MR) is 101 cm³/mol. The van der Waals surface area contributed by atoms with E-state index in [1.165, 1.54) is 33.0 Å². The van der Waals surface area contributed by atoms with Crippen molar-refractivity contribution in [2.45, 2.75) is 38.9 Å². The maximum absolute atomic E-state index is 6.47. The number of benzene rings is 3. The van der Waals surface area contributed by atoms with Gasteiger partial charge in [-0.2, -0.15) is 0 Å². The molecule has 0 aliphatic carbocycles. The Bertz CT molecular complexity index is 909.